The minimum atomic E-state index is -0.594. The van der Waals surface area contributed by atoms with Crippen LogP contribution in [0.25, 0.3) is 5.70 Å². The van der Waals surface area contributed by atoms with E-state index in [0.29, 0.717) is 11.4 Å². The van der Waals surface area contributed by atoms with Crippen molar-refractivity contribution in [2.24, 2.45) is 0 Å². The smallest absolute Gasteiger partial charge is 0.324 e. The summed E-state index contributed by atoms with van der Waals surface area (Å²) in [4.78, 5) is 16.5. The highest BCUT2D eigenvalue weighted by molar-refractivity contribution is 14.1. The number of rotatable bonds is 4. The van der Waals surface area contributed by atoms with E-state index in [-0.39, 0.29) is 0 Å². The van der Waals surface area contributed by atoms with Crippen LogP contribution in [0.2, 0.25) is 0 Å². The van der Waals surface area contributed by atoms with Gasteiger partial charge in [-0.05, 0) is 46.9 Å². The molecule has 2 rings (SSSR count). The van der Waals surface area contributed by atoms with Crippen molar-refractivity contribution in [1.29, 1.82) is 0 Å². The molecule has 0 aliphatic carbocycles. The van der Waals surface area contributed by atoms with E-state index in [9.17, 15) is 4.79 Å². The number of carbonyl (C=O) groups excluding carboxylic acids is 1. The van der Waals surface area contributed by atoms with Crippen LogP contribution in [0, 0.1) is 3.57 Å². The van der Waals surface area contributed by atoms with Crippen molar-refractivity contribution in [1.82, 2.24) is 5.48 Å². The molecule has 20 heavy (non-hydrogen) atoms. The normalized spacial score (nSPS) is 9.65. The Kier molecular flexibility index (Phi) is 5.00. The van der Waals surface area contributed by atoms with E-state index >= 15 is 0 Å². The summed E-state index contributed by atoms with van der Waals surface area (Å²) in [6.07, 6.45) is -0.594. The maximum Gasteiger partial charge on any atom is 0.435 e. The Hall–Kier alpha value is -2.02. The molecule has 5 heteroatoms. The zero-order chi connectivity index (χ0) is 14.4. The van der Waals surface area contributed by atoms with E-state index in [0.717, 1.165) is 9.13 Å². The summed E-state index contributed by atoms with van der Waals surface area (Å²) in [5, 5.41) is 2.61. The van der Waals surface area contributed by atoms with E-state index in [1.54, 1.807) is 12.1 Å². The van der Waals surface area contributed by atoms with Crippen LogP contribution >= 0.6 is 22.6 Å². The molecule has 2 aromatic carbocycles. The lowest BCUT2D eigenvalue weighted by Crippen LogP contribution is -2.22. The molecule has 0 heterocycles. The summed E-state index contributed by atoms with van der Waals surface area (Å²) < 4.78 is 1.09. The van der Waals surface area contributed by atoms with Crippen LogP contribution in [0.15, 0.2) is 61.2 Å². The Labute approximate surface area is 130 Å². The lowest BCUT2D eigenvalue weighted by molar-refractivity contribution is 0.131. The SMILES string of the molecule is C=C(NOC(=O)Nc1ccc(I)cc1)c1ccccc1. The van der Waals surface area contributed by atoms with Gasteiger partial charge in [0, 0.05) is 14.8 Å². The molecule has 2 N–H and O–H groups in total. The van der Waals surface area contributed by atoms with Crippen molar-refractivity contribution in [2.75, 3.05) is 5.32 Å². The molecule has 0 aliphatic heterocycles. The highest BCUT2D eigenvalue weighted by Crippen LogP contribution is 2.12. The molecule has 0 fully saturated rings. The number of benzene rings is 2. The number of carbonyl (C=O) groups is 1. The highest BCUT2D eigenvalue weighted by atomic mass is 127. The molecular formula is C15H13IN2O2. The van der Waals surface area contributed by atoms with Gasteiger partial charge < -0.3 is 4.84 Å². The van der Waals surface area contributed by atoms with Gasteiger partial charge in [0.25, 0.3) is 0 Å². The predicted molar refractivity (Wildman–Crippen MR) is 87.9 cm³/mol. The first-order chi connectivity index (χ1) is 9.65. The Bertz CT molecular complexity index is 597. The Morgan fingerprint density at radius 3 is 2.35 bits per heavy atom. The minimum absolute atomic E-state index is 0.517. The first-order valence-electron chi connectivity index (χ1n) is 5.89. The molecule has 0 saturated heterocycles. The summed E-state index contributed by atoms with van der Waals surface area (Å²) >= 11 is 2.19. The van der Waals surface area contributed by atoms with Crippen molar-refractivity contribution >= 4 is 40.1 Å². The van der Waals surface area contributed by atoms with Crippen molar-refractivity contribution in [3.63, 3.8) is 0 Å². The van der Waals surface area contributed by atoms with Crippen LogP contribution in [0.5, 0.6) is 0 Å². The third-order valence-corrected chi connectivity index (χ3v) is 3.20. The molecule has 0 atom stereocenters. The van der Waals surface area contributed by atoms with E-state index in [2.05, 4.69) is 40.0 Å². The quantitative estimate of drug-likeness (QED) is 0.623. The third kappa shape index (κ3) is 4.27. The molecule has 0 spiro atoms. The maximum absolute atomic E-state index is 11.6. The molecule has 0 aliphatic rings. The van der Waals surface area contributed by atoms with Crippen molar-refractivity contribution in [3.8, 4) is 0 Å². The van der Waals surface area contributed by atoms with E-state index < -0.39 is 6.09 Å². The van der Waals surface area contributed by atoms with E-state index in [1.165, 1.54) is 0 Å². The summed E-state index contributed by atoms with van der Waals surface area (Å²) in [7, 11) is 0. The lowest BCUT2D eigenvalue weighted by atomic mass is 10.2. The lowest BCUT2D eigenvalue weighted by Gasteiger charge is -2.10. The van der Waals surface area contributed by atoms with Gasteiger partial charge in [-0.25, -0.2) is 10.3 Å². The van der Waals surface area contributed by atoms with E-state index in [1.807, 2.05) is 42.5 Å². The molecule has 0 bridgehead atoms. The average Bonchev–Trinajstić information content (AvgIpc) is 2.48. The van der Waals surface area contributed by atoms with Crippen LogP contribution in [0.3, 0.4) is 0 Å². The molecule has 0 saturated carbocycles. The Morgan fingerprint density at radius 1 is 1.05 bits per heavy atom. The molecule has 2 aromatic rings. The predicted octanol–water partition coefficient (Wildman–Crippen LogP) is 4.02. The van der Waals surface area contributed by atoms with Gasteiger partial charge in [0.2, 0.25) is 0 Å². The number of anilines is 1. The molecular weight excluding hydrogens is 367 g/mol. The largest absolute Gasteiger partial charge is 0.435 e. The Balaban J connectivity index is 1.83. The third-order valence-electron chi connectivity index (χ3n) is 2.48. The molecule has 0 radical (unpaired) electrons. The van der Waals surface area contributed by atoms with Crippen LogP contribution in [0.1, 0.15) is 5.56 Å². The molecule has 1 amide bonds. The zero-order valence-electron chi connectivity index (χ0n) is 10.6. The number of hydroxylamine groups is 1. The van der Waals surface area contributed by atoms with Gasteiger partial charge >= 0.3 is 6.09 Å². The van der Waals surface area contributed by atoms with Gasteiger partial charge in [0.1, 0.15) is 0 Å². The number of halogens is 1. The number of nitrogens with one attached hydrogen (secondary N) is 2. The fourth-order valence-corrected chi connectivity index (χ4v) is 1.84. The second kappa shape index (κ2) is 6.95. The number of hydrogen-bond acceptors (Lipinski definition) is 3. The topological polar surface area (TPSA) is 50.4 Å². The van der Waals surface area contributed by atoms with Gasteiger partial charge in [-0.1, -0.05) is 36.9 Å². The van der Waals surface area contributed by atoms with Crippen molar-refractivity contribution in [2.45, 2.75) is 0 Å². The van der Waals surface area contributed by atoms with Crippen molar-refractivity contribution < 1.29 is 9.63 Å². The summed E-state index contributed by atoms with van der Waals surface area (Å²) in [5.41, 5.74) is 4.56. The second-order valence-corrected chi connectivity index (χ2v) is 5.21. The molecule has 0 aromatic heterocycles. The maximum atomic E-state index is 11.6. The van der Waals surface area contributed by atoms with Crippen molar-refractivity contribution in [3.05, 3.63) is 70.3 Å². The first kappa shape index (κ1) is 14.4. The monoisotopic (exact) mass is 380 g/mol. The zero-order valence-corrected chi connectivity index (χ0v) is 12.8. The molecule has 4 nitrogen and oxygen atoms in total. The molecule has 0 unspecified atom stereocenters. The highest BCUT2D eigenvalue weighted by Gasteiger charge is 2.05. The van der Waals surface area contributed by atoms with Crippen LogP contribution in [-0.4, -0.2) is 6.09 Å². The van der Waals surface area contributed by atoms with Crippen LogP contribution in [-0.2, 0) is 4.84 Å². The van der Waals surface area contributed by atoms with Crippen LogP contribution in [0.4, 0.5) is 10.5 Å². The summed E-state index contributed by atoms with van der Waals surface area (Å²) in [5.74, 6) is 0. The number of amides is 1. The Morgan fingerprint density at radius 2 is 1.70 bits per heavy atom. The second-order valence-electron chi connectivity index (χ2n) is 3.97. The fourth-order valence-electron chi connectivity index (χ4n) is 1.48. The fraction of sp³-hybridized carbons (Fsp3) is 0. The van der Waals surface area contributed by atoms with Gasteiger partial charge in [0.15, 0.2) is 0 Å². The van der Waals surface area contributed by atoms with E-state index in [4.69, 9.17) is 4.84 Å². The number of hydrogen-bond donors (Lipinski definition) is 2. The van der Waals surface area contributed by atoms with Gasteiger partial charge in [0.05, 0.1) is 5.70 Å². The average molecular weight is 380 g/mol. The minimum Gasteiger partial charge on any atom is -0.324 e. The van der Waals surface area contributed by atoms with Gasteiger partial charge in [-0.2, -0.15) is 0 Å². The van der Waals surface area contributed by atoms with Gasteiger partial charge in [-0.15, -0.1) is 0 Å². The summed E-state index contributed by atoms with van der Waals surface area (Å²) in [6.45, 7) is 3.80. The van der Waals surface area contributed by atoms with Crippen LogP contribution < -0.4 is 10.8 Å². The molecule has 102 valence electrons. The summed E-state index contributed by atoms with van der Waals surface area (Å²) in [6, 6.07) is 16.8. The first-order valence-corrected chi connectivity index (χ1v) is 6.97. The van der Waals surface area contributed by atoms with Gasteiger partial charge in [-0.3, -0.25) is 5.32 Å². The standard InChI is InChI=1S/C15H13IN2O2/c1-11(12-5-3-2-4-6-12)18-20-15(19)17-14-9-7-13(16)8-10-14/h2-10,18H,1H2,(H,17,19).